The third-order valence-corrected chi connectivity index (χ3v) is 4.96. The molecule has 3 heterocycles. The van der Waals surface area contributed by atoms with Crippen LogP contribution in [0.5, 0.6) is 5.75 Å². The van der Waals surface area contributed by atoms with E-state index in [4.69, 9.17) is 9.47 Å². The first kappa shape index (κ1) is 17.0. The van der Waals surface area contributed by atoms with Gasteiger partial charge in [-0.2, -0.15) is 0 Å². The molecule has 2 aromatic rings. The van der Waals surface area contributed by atoms with Crippen molar-refractivity contribution in [3.05, 3.63) is 53.6 Å². The van der Waals surface area contributed by atoms with Crippen molar-refractivity contribution in [2.24, 2.45) is 5.92 Å². The predicted octanol–water partition coefficient (Wildman–Crippen LogP) is 2.13. The van der Waals surface area contributed by atoms with Crippen molar-refractivity contribution in [2.45, 2.75) is 19.3 Å². The molecule has 6 nitrogen and oxygen atoms in total. The second-order valence-electron chi connectivity index (χ2n) is 6.82. The first-order chi connectivity index (χ1) is 12.8. The first-order valence-corrected chi connectivity index (χ1v) is 9.18. The Morgan fingerprint density at radius 3 is 2.88 bits per heavy atom. The summed E-state index contributed by atoms with van der Waals surface area (Å²) in [6.07, 6.45) is 6.06. The number of fused-ring (bicyclic) bond motifs is 1. The van der Waals surface area contributed by atoms with Crippen LogP contribution in [0, 0.1) is 5.92 Å². The molecule has 1 aromatic carbocycles. The normalized spacial score (nSPS) is 20.0. The van der Waals surface area contributed by atoms with Crippen molar-refractivity contribution in [2.75, 3.05) is 32.9 Å². The van der Waals surface area contributed by atoms with Gasteiger partial charge in [0.2, 0.25) is 0 Å². The molecular weight excluding hydrogens is 330 g/mol. The summed E-state index contributed by atoms with van der Waals surface area (Å²) in [6.45, 7) is 3.10. The molecule has 0 spiro atoms. The van der Waals surface area contributed by atoms with Crippen LogP contribution in [0.2, 0.25) is 0 Å². The minimum absolute atomic E-state index is 0.0582. The Bertz CT molecular complexity index is 774. The number of benzene rings is 1. The van der Waals surface area contributed by atoms with Crippen molar-refractivity contribution in [1.82, 2.24) is 14.9 Å². The number of nitrogens with zero attached hydrogens (tertiary/aromatic N) is 3. The zero-order chi connectivity index (χ0) is 17.8. The fraction of sp³-hybridized carbons (Fsp3) is 0.450. The van der Waals surface area contributed by atoms with E-state index in [0.717, 1.165) is 30.7 Å². The summed E-state index contributed by atoms with van der Waals surface area (Å²) in [5.74, 6) is 1.36. The fourth-order valence-corrected chi connectivity index (χ4v) is 3.57. The van der Waals surface area contributed by atoms with Gasteiger partial charge < -0.3 is 14.4 Å². The van der Waals surface area contributed by atoms with E-state index in [1.807, 2.05) is 18.2 Å². The molecule has 0 saturated carbocycles. The Morgan fingerprint density at radius 2 is 2.00 bits per heavy atom. The van der Waals surface area contributed by atoms with Crippen LogP contribution in [0.3, 0.4) is 0 Å². The standard InChI is InChI=1S/C20H23N3O3/c24-20(23-6-9-25-10-7-23)18-14-21-13-17(22-18)12-15-5-8-26-19-4-2-1-3-16(19)11-15/h1-4,13-15H,5-12H2. The quantitative estimate of drug-likeness (QED) is 0.846. The maximum Gasteiger partial charge on any atom is 0.274 e. The maximum atomic E-state index is 12.6. The molecule has 2 aliphatic rings. The van der Waals surface area contributed by atoms with Gasteiger partial charge in [-0.3, -0.25) is 9.78 Å². The summed E-state index contributed by atoms with van der Waals surface area (Å²) in [4.78, 5) is 23.2. The average molecular weight is 353 g/mol. The lowest BCUT2D eigenvalue weighted by Gasteiger charge is -2.26. The molecule has 6 heteroatoms. The van der Waals surface area contributed by atoms with Gasteiger partial charge in [0.25, 0.3) is 5.91 Å². The Balaban J connectivity index is 1.46. The first-order valence-electron chi connectivity index (χ1n) is 9.18. The van der Waals surface area contributed by atoms with Crippen molar-refractivity contribution < 1.29 is 14.3 Å². The molecule has 1 saturated heterocycles. The highest BCUT2D eigenvalue weighted by molar-refractivity contribution is 5.92. The SMILES string of the molecule is O=C(c1cncc(CC2CCOc3ccccc3C2)n1)N1CCOCC1. The Morgan fingerprint density at radius 1 is 1.15 bits per heavy atom. The second-order valence-corrected chi connectivity index (χ2v) is 6.82. The summed E-state index contributed by atoms with van der Waals surface area (Å²) in [6, 6.07) is 8.20. The third kappa shape index (κ3) is 3.85. The molecule has 1 unspecified atom stereocenters. The smallest absolute Gasteiger partial charge is 0.274 e. The van der Waals surface area contributed by atoms with Gasteiger partial charge in [-0.15, -0.1) is 0 Å². The van der Waals surface area contributed by atoms with E-state index >= 15 is 0 Å². The van der Waals surface area contributed by atoms with Crippen LogP contribution in [0.25, 0.3) is 0 Å². The Labute approximate surface area is 153 Å². The number of rotatable bonds is 3. The lowest BCUT2D eigenvalue weighted by molar-refractivity contribution is 0.0298. The summed E-state index contributed by atoms with van der Waals surface area (Å²) in [7, 11) is 0. The summed E-state index contributed by atoms with van der Waals surface area (Å²) >= 11 is 0. The number of hydrogen-bond acceptors (Lipinski definition) is 5. The summed E-state index contributed by atoms with van der Waals surface area (Å²) < 4.78 is 11.2. The highest BCUT2D eigenvalue weighted by atomic mass is 16.5. The van der Waals surface area contributed by atoms with E-state index in [-0.39, 0.29) is 5.91 Å². The minimum Gasteiger partial charge on any atom is -0.493 e. The zero-order valence-electron chi connectivity index (χ0n) is 14.8. The second kappa shape index (κ2) is 7.83. The van der Waals surface area contributed by atoms with Crippen molar-refractivity contribution in [3.8, 4) is 5.75 Å². The molecule has 4 rings (SSSR count). The van der Waals surface area contributed by atoms with Crippen molar-refractivity contribution in [1.29, 1.82) is 0 Å². The van der Waals surface area contributed by atoms with E-state index in [0.29, 0.717) is 44.5 Å². The van der Waals surface area contributed by atoms with Crippen LogP contribution in [0.15, 0.2) is 36.7 Å². The van der Waals surface area contributed by atoms with Gasteiger partial charge in [-0.05, 0) is 36.8 Å². The molecular formula is C20H23N3O3. The van der Waals surface area contributed by atoms with Gasteiger partial charge in [0.15, 0.2) is 0 Å². The molecule has 0 aliphatic carbocycles. The molecule has 0 bridgehead atoms. The molecule has 1 aromatic heterocycles. The van der Waals surface area contributed by atoms with E-state index in [1.54, 1.807) is 17.3 Å². The number of carbonyl (C=O) groups is 1. The van der Waals surface area contributed by atoms with Gasteiger partial charge in [-0.25, -0.2) is 4.98 Å². The minimum atomic E-state index is -0.0582. The monoisotopic (exact) mass is 353 g/mol. The van der Waals surface area contributed by atoms with Crippen LogP contribution >= 0.6 is 0 Å². The van der Waals surface area contributed by atoms with Crippen LogP contribution in [0.4, 0.5) is 0 Å². The topological polar surface area (TPSA) is 64.5 Å². The van der Waals surface area contributed by atoms with E-state index in [1.165, 1.54) is 5.56 Å². The highest BCUT2D eigenvalue weighted by Gasteiger charge is 2.22. The molecule has 2 aliphatic heterocycles. The molecule has 26 heavy (non-hydrogen) atoms. The van der Waals surface area contributed by atoms with Crippen molar-refractivity contribution in [3.63, 3.8) is 0 Å². The van der Waals surface area contributed by atoms with Crippen LogP contribution in [-0.2, 0) is 17.6 Å². The van der Waals surface area contributed by atoms with Gasteiger partial charge in [0.1, 0.15) is 11.4 Å². The molecule has 0 N–H and O–H groups in total. The molecule has 0 radical (unpaired) electrons. The zero-order valence-corrected chi connectivity index (χ0v) is 14.8. The lowest BCUT2D eigenvalue weighted by Crippen LogP contribution is -2.41. The number of aromatic nitrogens is 2. The Hall–Kier alpha value is -2.47. The van der Waals surface area contributed by atoms with Gasteiger partial charge in [-0.1, -0.05) is 18.2 Å². The van der Waals surface area contributed by atoms with E-state index in [2.05, 4.69) is 16.0 Å². The molecule has 1 amide bonds. The molecule has 1 fully saturated rings. The number of ether oxygens (including phenoxy) is 2. The maximum absolute atomic E-state index is 12.6. The summed E-state index contributed by atoms with van der Waals surface area (Å²) in [5.41, 5.74) is 2.53. The summed E-state index contributed by atoms with van der Waals surface area (Å²) in [5, 5.41) is 0. The molecule has 136 valence electrons. The van der Waals surface area contributed by atoms with Crippen LogP contribution in [-0.4, -0.2) is 53.7 Å². The highest BCUT2D eigenvalue weighted by Crippen LogP contribution is 2.28. The van der Waals surface area contributed by atoms with Crippen LogP contribution in [0.1, 0.15) is 28.2 Å². The third-order valence-electron chi connectivity index (χ3n) is 4.96. The number of hydrogen-bond donors (Lipinski definition) is 0. The van der Waals surface area contributed by atoms with Gasteiger partial charge in [0, 0.05) is 19.3 Å². The largest absolute Gasteiger partial charge is 0.493 e. The Kier molecular flexibility index (Phi) is 5.11. The van der Waals surface area contributed by atoms with Crippen molar-refractivity contribution >= 4 is 5.91 Å². The van der Waals surface area contributed by atoms with E-state index < -0.39 is 0 Å². The lowest BCUT2D eigenvalue weighted by atomic mass is 9.92. The fourth-order valence-electron chi connectivity index (χ4n) is 3.57. The van der Waals surface area contributed by atoms with E-state index in [9.17, 15) is 4.79 Å². The number of carbonyl (C=O) groups excluding carboxylic acids is 1. The van der Waals surface area contributed by atoms with Gasteiger partial charge in [0.05, 0.1) is 31.7 Å². The number of para-hydroxylation sites is 1. The number of morpholine rings is 1. The van der Waals surface area contributed by atoms with Gasteiger partial charge >= 0.3 is 0 Å². The number of amides is 1. The molecule has 1 atom stereocenters. The van der Waals surface area contributed by atoms with Crippen LogP contribution < -0.4 is 4.74 Å². The predicted molar refractivity (Wildman–Crippen MR) is 96.2 cm³/mol. The average Bonchev–Trinajstić information content (AvgIpc) is 2.90.